The smallest absolute Gasteiger partial charge is 0.239 e. The van der Waals surface area contributed by atoms with Gasteiger partial charge in [-0.15, -0.1) is 12.4 Å². The first kappa shape index (κ1) is 18.2. The lowest BCUT2D eigenvalue weighted by molar-refractivity contribution is -0.126. The molecule has 0 saturated heterocycles. The van der Waals surface area contributed by atoms with Crippen molar-refractivity contribution in [2.75, 3.05) is 13.1 Å². The van der Waals surface area contributed by atoms with Crippen molar-refractivity contribution in [1.82, 2.24) is 10.6 Å². The van der Waals surface area contributed by atoms with Gasteiger partial charge in [0, 0.05) is 19.0 Å². The summed E-state index contributed by atoms with van der Waals surface area (Å²) in [5.41, 5.74) is 5.90. The molecule has 1 unspecified atom stereocenters. The van der Waals surface area contributed by atoms with Crippen LogP contribution in [0.3, 0.4) is 0 Å². The van der Waals surface area contributed by atoms with Gasteiger partial charge in [0.1, 0.15) is 0 Å². The van der Waals surface area contributed by atoms with Crippen LogP contribution in [-0.4, -0.2) is 30.9 Å². The summed E-state index contributed by atoms with van der Waals surface area (Å²) < 4.78 is 0. The first-order valence-electron chi connectivity index (χ1n) is 7.94. The number of carbonyl (C=O) groups is 2. The average Bonchev–Trinajstić information content (AvgIpc) is 3.28. The maximum absolute atomic E-state index is 11.8. The number of nitrogens with two attached hydrogens (primary N) is 1. The van der Waals surface area contributed by atoms with Crippen molar-refractivity contribution in [3.05, 3.63) is 0 Å². The third-order valence-electron chi connectivity index (χ3n) is 4.41. The molecule has 2 amide bonds. The fraction of sp³-hybridized carbons (Fsp3) is 0.867. The summed E-state index contributed by atoms with van der Waals surface area (Å²) in [6.45, 7) is 0.588. The summed E-state index contributed by atoms with van der Waals surface area (Å²) in [6.07, 6.45) is 8.97. The molecule has 122 valence electrons. The zero-order valence-corrected chi connectivity index (χ0v) is 13.4. The van der Waals surface area contributed by atoms with Gasteiger partial charge in [-0.05, 0) is 37.5 Å². The predicted octanol–water partition coefficient (Wildman–Crippen LogP) is 1.35. The summed E-state index contributed by atoms with van der Waals surface area (Å²) in [4.78, 5) is 23.4. The van der Waals surface area contributed by atoms with Crippen molar-refractivity contribution >= 4 is 24.2 Å². The number of nitrogens with one attached hydrogen (secondary N) is 2. The molecule has 0 spiro atoms. The second-order valence-electron chi connectivity index (χ2n) is 6.29. The van der Waals surface area contributed by atoms with E-state index in [1.807, 2.05) is 0 Å². The Kier molecular flexibility index (Phi) is 8.04. The van der Waals surface area contributed by atoms with E-state index < -0.39 is 0 Å². The summed E-state index contributed by atoms with van der Waals surface area (Å²) >= 11 is 0. The molecule has 2 rings (SSSR count). The van der Waals surface area contributed by atoms with Crippen LogP contribution in [0.25, 0.3) is 0 Å². The maximum atomic E-state index is 11.8. The summed E-state index contributed by atoms with van der Waals surface area (Å²) in [5, 5.41) is 5.49. The van der Waals surface area contributed by atoms with E-state index in [-0.39, 0.29) is 36.8 Å². The van der Waals surface area contributed by atoms with Crippen LogP contribution in [-0.2, 0) is 9.59 Å². The zero-order valence-electron chi connectivity index (χ0n) is 12.6. The highest BCUT2D eigenvalue weighted by Gasteiger charge is 2.28. The van der Waals surface area contributed by atoms with Crippen LogP contribution in [0.15, 0.2) is 0 Å². The first-order valence-corrected chi connectivity index (χ1v) is 7.94. The topological polar surface area (TPSA) is 84.2 Å². The summed E-state index contributed by atoms with van der Waals surface area (Å²) in [6, 6.07) is 0.0666. The van der Waals surface area contributed by atoms with Crippen LogP contribution in [0.4, 0.5) is 0 Å². The molecule has 2 aliphatic carbocycles. The Morgan fingerprint density at radius 2 is 1.67 bits per heavy atom. The third kappa shape index (κ3) is 7.14. The van der Waals surface area contributed by atoms with Gasteiger partial charge in [-0.25, -0.2) is 0 Å². The second-order valence-corrected chi connectivity index (χ2v) is 6.29. The van der Waals surface area contributed by atoms with E-state index in [9.17, 15) is 9.59 Å². The fourth-order valence-corrected chi connectivity index (χ4v) is 2.89. The number of rotatable bonds is 7. The third-order valence-corrected chi connectivity index (χ3v) is 4.41. The molecular formula is C15H28ClN3O2. The Bertz CT molecular complexity index is 342. The van der Waals surface area contributed by atoms with Crippen molar-refractivity contribution in [3.63, 3.8) is 0 Å². The Hall–Kier alpha value is -0.810. The van der Waals surface area contributed by atoms with Gasteiger partial charge in [0.2, 0.25) is 11.8 Å². The molecule has 0 aromatic rings. The molecular weight excluding hydrogens is 290 g/mol. The van der Waals surface area contributed by atoms with Crippen LogP contribution in [0, 0.1) is 11.8 Å². The average molecular weight is 318 g/mol. The standard InChI is InChI=1S/C15H27N3O2.ClH/c16-13(12-6-7-12)9-17-15(20)10-18-14(19)8-11-4-2-1-3-5-11;/h11-13H,1-10,16H2,(H,17,20)(H,18,19);1H. The number of halogens is 1. The van der Waals surface area contributed by atoms with Gasteiger partial charge in [0.15, 0.2) is 0 Å². The van der Waals surface area contributed by atoms with Gasteiger partial charge in [-0.2, -0.15) is 0 Å². The lowest BCUT2D eigenvalue weighted by atomic mass is 9.87. The van der Waals surface area contributed by atoms with Crippen molar-refractivity contribution in [3.8, 4) is 0 Å². The van der Waals surface area contributed by atoms with Gasteiger partial charge >= 0.3 is 0 Å². The molecule has 21 heavy (non-hydrogen) atoms. The number of hydrogen-bond acceptors (Lipinski definition) is 3. The van der Waals surface area contributed by atoms with Crippen LogP contribution >= 0.6 is 12.4 Å². The van der Waals surface area contributed by atoms with E-state index in [2.05, 4.69) is 10.6 Å². The van der Waals surface area contributed by atoms with E-state index in [4.69, 9.17) is 5.73 Å². The molecule has 0 radical (unpaired) electrons. The van der Waals surface area contributed by atoms with Crippen LogP contribution in [0.2, 0.25) is 0 Å². The van der Waals surface area contributed by atoms with E-state index in [1.54, 1.807) is 0 Å². The molecule has 5 nitrogen and oxygen atoms in total. The van der Waals surface area contributed by atoms with Crippen molar-refractivity contribution in [1.29, 1.82) is 0 Å². The predicted molar refractivity (Wildman–Crippen MR) is 85.2 cm³/mol. The number of carbonyl (C=O) groups excluding carboxylic acids is 2. The van der Waals surface area contributed by atoms with E-state index in [1.165, 1.54) is 32.1 Å². The quantitative estimate of drug-likeness (QED) is 0.662. The molecule has 2 saturated carbocycles. The molecule has 0 bridgehead atoms. The summed E-state index contributed by atoms with van der Waals surface area (Å²) in [5.74, 6) is 0.947. The summed E-state index contributed by atoms with van der Waals surface area (Å²) in [7, 11) is 0. The Morgan fingerprint density at radius 3 is 2.29 bits per heavy atom. The lowest BCUT2D eigenvalue weighted by Crippen LogP contribution is -2.43. The highest BCUT2D eigenvalue weighted by Crippen LogP contribution is 2.31. The number of amides is 2. The first-order chi connectivity index (χ1) is 9.65. The van der Waals surface area contributed by atoms with Crippen LogP contribution in [0.5, 0.6) is 0 Å². The second kappa shape index (κ2) is 9.26. The van der Waals surface area contributed by atoms with E-state index in [0.717, 1.165) is 12.8 Å². The minimum atomic E-state index is -0.141. The minimum absolute atomic E-state index is 0. The van der Waals surface area contributed by atoms with E-state index in [0.29, 0.717) is 24.8 Å². The molecule has 0 aromatic carbocycles. The molecule has 2 aliphatic rings. The maximum Gasteiger partial charge on any atom is 0.239 e. The largest absolute Gasteiger partial charge is 0.353 e. The van der Waals surface area contributed by atoms with Gasteiger partial charge < -0.3 is 16.4 Å². The molecule has 0 aliphatic heterocycles. The molecule has 4 N–H and O–H groups in total. The normalized spacial score (nSPS) is 20.2. The Labute approximate surface area is 133 Å². The van der Waals surface area contributed by atoms with Gasteiger partial charge in [0.25, 0.3) is 0 Å². The Morgan fingerprint density at radius 1 is 1.00 bits per heavy atom. The van der Waals surface area contributed by atoms with Crippen LogP contribution < -0.4 is 16.4 Å². The minimum Gasteiger partial charge on any atom is -0.353 e. The highest BCUT2D eigenvalue weighted by molar-refractivity contribution is 5.85. The molecule has 6 heteroatoms. The van der Waals surface area contributed by atoms with Crippen molar-refractivity contribution in [2.45, 2.75) is 57.4 Å². The fourth-order valence-electron chi connectivity index (χ4n) is 2.89. The molecule has 1 atom stereocenters. The molecule has 0 aromatic heterocycles. The molecule has 2 fully saturated rings. The molecule has 0 heterocycles. The van der Waals surface area contributed by atoms with Crippen molar-refractivity contribution < 1.29 is 9.59 Å². The van der Waals surface area contributed by atoms with Crippen LogP contribution in [0.1, 0.15) is 51.4 Å². The lowest BCUT2D eigenvalue weighted by Gasteiger charge is -2.20. The monoisotopic (exact) mass is 317 g/mol. The van der Waals surface area contributed by atoms with Gasteiger partial charge in [-0.1, -0.05) is 19.3 Å². The highest BCUT2D eigenvalue weighted by atomic mass is 35.5. The Balaban J connectivity index is 0.00000220. The number of hydrogen-bond donors (Lipinski definition) is 3. The van der Waals surface area contributed by atoms with Gasteiger partial charge in [-0.3, -0.25) is 9.59 Å². The van der Waals surface area contributed by atoms with E-state index >= 15 is 0 Å². The van der Waals surface area contributed by atoms with Crippen molar-refractivity contribution in [2.24, 2.45) is 17.6 Å². The SMILES string of the molecule is Cl.NC(CNC(=O)CNC(=O)CC1CCCCC1)C1CC1. The van der Waals surface area contributed by atoms with Gasteiger partial charge in [0.05, 0.1) is 6.54 Å². The zero-order chi connectivity index (χ0) is 14.4.